The van der Waals surface area contributed by atoms with E-state index in [0.29, 0.717) is 28.3 Å². The van der Waals surface area contributed by atoms with Crippen molar-refractivity contribution >= 4 is 46.3 Å². The van der Waals surface area contributed by atoms with E-state index in [9.17, 15) is 4.79 Å². The van der Waals surface area contributed by atoms with Gasteiger partial charge in [-0.15, -0.1) is 21.5 Å². The zero-order chi connectivity index (χ0) is 22.1. The average molecular weight is 485 g/mol. The Morgan fingerprint density at radius 3 is 2.78 bits per heavy atom. The van der Waals surface area contributed by atoms with Crippen LogP contribution in [0.2, 0.25) is 5.02 Å². The van der Waals surface area contributed by atoms with Crippen LogP contribution in [0.3, 0.4) is 0 Å². The molecule has 0 N–H and O–H groups in total. The number of rotatable bonds is 6. The van der Waals surface area contributed by atoms with Crippen molar-refractivity contribution in [1.82, 2.24) is 15.2 Å². The predicted octanol–water partition coefficient (Wildman–Crippen LogP) is 5.90. The van der Waals surface area contributed by atoms with E-state index >= 15 is 0 Å². The van der Waals surface area contributed by atoms with Crippen LogP contribution in [-0.2, 0) is 4.79 Å². The summed E-state index contributed by atoms with van der Waals surface area (Å²) in [6.45, 7) is 1.80. The molecule has 5 rings (SSSR count). The Morgan fingerprint density at radius 1 is 1.22 bits per heavy atom. The first-order valence-corrected chi connectivity index (χ1v) is 12.0. The molecule has 1 aliphatic heterocycles. The maximum Gasteiger partial charge on any atom is 0.277 e. The molecule has 2 unspecified atom stereocenters. The molecule has 1 amide bonds. The normalized spacial score (nSPS) is 16.9. The van der Waals surface area contributed by atoms with Crippen molar-refractivity contribution in [2.24, 2.45) is 5.10 Å². The Bertz CT molecular complexity index is 1240. The molecule has 4 heterocycles. The second-order valence-electron chi connectivity index (χ2n) is 7.08. The van der Waals surface area contributed by atoms with Gasteiger partial charge in [0.15, 0.2) is 0 Å². The van der Waals surface area contributed by atoms with Crippen molar-refractivity contribution < 1.29 is 13.6 Å². The lowest BCUT2D eigenvalue weighted by Gasteiger charge is -2.22. The van der Waals surface area contributed by atoms with Gasteiger partial charge >= 0.3 is 0 Å². The van der Waals surface area contributed by atoms with Gasteiger partial charge in [-0.25, -0.2) is 5.01 Å². The number of hydrogen-bond acceptors (Lipinski definition) is 8. The Balaban J connectivity index is 1.37. The van der Waals surface area contributed by atoms with Gasteiger partial charge in [-0.05, 0) is 48.2 Å². The highest BCUT2D eigenvalue weighted by atomic mass is 35.5. The summed E-state index contributed by atoms with van der Waals surface area (Å²) >= 11 is 8.75. The number of thiophene rings is 1. The third-order valence-corrected chi connectivity index (χ3v) is 6.98. The number of carbonyl (C=O) groups is 1. The lowest BCUT2D eigenvalue weighted by molar-refractivity contribution is -0.132. The number of nitrogens with zero attached hydrogens (tertiary/aromatic N) is 4. The molecule has 3 aromatic heterocycles. The van der Waals surface area contributed by atoms with Gasteiger partial charge in [0.2, 0.25) is 0 Å². The number of amides is 1. The minimum atomic E-state index is -0.489. The smallest absolute Gasteiger partial charge is 0.277 e. The number of furan rings is 1. The second-order valence-corrected chi connectivity index (χ2v) is 9.76. The van der Waals surface area contributed by atoms with Crippen molar-refractivity contribution in [3.8, 4) is 10.8 Å². The summed E-state index contributed by atoms with van der Waals surface area (Å²) in [5, 5.41) is 16.7. The van der Waals surface area contributed by atoms with Crippen LogP contribution in [0.15, 0.2) is 79.3 Å². The van der Waals surface area contributed by atoms with Crippen LogP contribution in [0.25, 0.3) is 10.8 Å². The predicted molar refractivity (Wildman–Crippen MR) is 124 cm³/mol. The molecule has 0 aliphatic carbocycles. The summed E-state index contributed by atoms with van der Waals surface area (Å²) < 4.78 is 11.3. The van der Waals surface area contributed by atoms with E-state index in [4.69, 9.17) is 20.4 Å². The molecule has 10 heteroatoms. The number of hydrogen-bond donors (Lipinski definition) is 0. The zero-order valence-electron chi connectivity index (χ0n) is 16.8. The molecular formula is C22H17ClN4O3S2. The van der Waals surface area contributed by atoms with E-state index < -0.39 is 5.25 Å². The summed E-state index contributed by atoms with van der Waals surface area (Å²) in [5.41, 5.74) is 1.71. The molecule has 4 aromatic rings. The van der Waals surface area contributed by atoms with Gasteiger partial charge in [0.05, 0.1) is 22.1 Å². The lowest BCUT2D eigenvalue weighted by Crippen LogP contribution is -2.33. The fourth-order valence-corrected chi connectivity index (χ4v) is 4.87. The van der Waals surface area contributed by atoms with Crippen molar-refractivity contribution in [1.29, 1.82) is 0 Å². The molecular weight excluding hydrogens is 468 g/mol. The van der Waals surface area contributed by atoms with Gasteiger partial charge in [0, 0.05) is 11.4 Å². The van der Waals surface area contributed by atoms with Gasteiger partial charge in [0.25, 0.3) is 17.0 Å². The third-order valence-electron chi connectivity index (χ3n) is 4.95. The number of carbonyl (C=O) groups excluding carboxylic acids is 1. The molecule has 1 aromatic carbocycles. The summed E-state index contributed by atoms with van der Waals surface area (Å²) in [7, 11) is 0. The lowest BCUT2D eigenvalue weighted by atomic mass is 10.0. The van der Waals surface area contributed by atoms with E-state index in [1.54, 1.807) is 19.3 Å². The van der Waals surface area contributed by atoms with E-state index in [1.807, 2.05) is 47.8 Å². The van der Waals surface area contributed by atoms with Gasteiger partial charge in [0.1, 0.15) is 11.8 Å². The van der Waals surface area contributed by atoms with Crippen LogP contribution in [-0.4, -0.2) is 32.1 Å². The topological polar surface area (TPSA) is 84.7 Å². The fraction of sp³-hybridized carbons (Fsp3) is 0.182. The molecule has 162 valence electrons. The van der Waals surface area contributed by atoms with Crippen LogP contribution >= 0.6 is 34.7 Å². The molecule has 0 saturated heterocycles. The second kappa shape index (κ2) is 8.93. The SMILES string of the molecule is CC(Sc1nnc(-c2cccs2)o1)C(=O)N1N=C(c2ccc(Cl)cc2)CC1c1ccco1. The molecule has 0 fully saturated rings. The quantitative estimate of drug-likeness (QED) is 0.316. The van der Waals surface area contributed by atoms with Crippen LogP contribution in [0.1, 0.15) is 30.7 Å². The van der Waals surface area contributed by atoms with E-state index in [-0.39, 0.29) is 11.9 Å². The number of thioether (sulfide) groups is 1. The highest BCUT2D eigenvalue weighted by Gasteiger charge is 2.37. The zero-order valence-corrected chi connectivity index (χ0v) is 19.2. The van der Waals surface area contributed by atoms with E-state index in [1.165, 1.54) is 28.1 Å². The number of benzene rings is 1. The third kappa shape index (κ3) is 4.23. The summed E-state index contributed by atoms with van der Waals surface area (Å²) in [5.74, 6) is 0.956. The van der Waals surface area contributed by atoms with Crippen molar-refractivity contribution in [3.05, 3.63) is 76.5 Å². The van der Waals surface area contributed by atoms with Gasteiger partial charge < -0.3 is 8.83 Å². The van der Waals surface area contributed by atoms with Gasteiger partial charge in [-0.3, -0.25) is 4.79 Å². The van der Waals surface area contributed by atoms with Gasteiger partial charge in [-0.2, -0.15) is 5.10 Å². The highest BCUT2D eigenvalue weighted by molar-refractivity contribution is 8.00. The maximum absolute atomic E-state index is 13.4. The molecule has 0 spiro atoms. The first-order chi connectivity index (χ1) is 15.6. The minimum absolute atomic E-state index is 0.170. The standard InChI is InChI=1S/C22H17ClN4O3S2/c1-13(32-22-25-24-20(30-22)19-5-3-11-31-19)21(28)27-17(18-4-2-10-29-18)12-16(26-27)14-6-8-15(23)9-7-14/h2-11,13,17H,12H2,1H3. The van der Waals surface area contributed by atoms with Crippen LogP contribution in [0, 0.1) is 0 Å². The molecule has 0 saturated carbocycles. The molecule has 1 aliphatic rings. The Labute approximate surface area is 197 Å². The first kappa shape index (κ1) is 21.0. The number of aromatic nitrogens is 2. The Hall–Kier alpha value is -2.88. The van der Waals surface area contributed by atoms with Crippen molar-refractivity contribution in [2.75, 3.05) is 0 Å². The van der Waals surface area contributed by atoms with Crippen LogP contribution < -0.4 is 0 Å². The molecule has 2 atom stereocenters. The monoisotopic (exact) mass is 484 g/mol. The molecule has 32 heavy (non-hydrogen) atoms. The summed E-state index contributed by atoms with van der Waals surface area (Å²) in [6, 6.07) is 14.6. The summed E-state index contributed by atoms with van der Waals surface area (Å²) in [6.07, 6.45) is 2.14. The fourth-order valence-electron chi connectivity index (χ4n) is 3.38. The first-order valence-electron chi connectivity index (χ1n) is 9.82. The number of hydrazone groups is 1. The van der Waals surface area contributed by atoms with E-state index in [0.717, 1.165) is 16.2 Å². The Kier molecular flexibility index (Phi) is 5.86. The van der Waals surface area contributed by atoms with Crippen molar-refractivity contribution in [3.63, 3.8) is 0 Å². The largest absolute Gasteiger partial charge is 0.467 e. The van der Waals surface area contributed by atoms with Crippen LogP contribution in [0.5, 0.6) is 0 Å². The molecule has 0 bridgehead atoms. The highest BCUT2D eigenvalue weighted by Crippen LogP contribution is 2.36. The molecule has 0 radical (unpaired) electrons. The van der Waals surface area contributed by atoms with Crippen LogP contribution in [0.4, 0.5) is 0 Å². The average Bonchev–Trinajstić information content (AvgIpc) is 3.60. The van der Waals surface area contributed by atoms with Crippen molar-refractivity contribution in [2.45, 2.75) is 29.9 Å². The van der Waals surface area contributed by atoms with Gasteiger partial charge in [-0.1, -0.05) is 41.6 Å². The van der Waals surface area contributed by atoms with E-state index in [2.05, 4.69) is 15.3 Å². The maximum atomic E-state index is 13.4. The minimum Gasteiger partial charge on any atom is -0.467 e. The Morgan fingerprint density at radius 2 is 2.06 bits per heavy atom. The molecule has 7 nitrogen and oxygen atoms in total. The summed E-state index contributed by atoms with van der Waals surface area (Å²) in [4.78, 5) is 14.3. The number of halogens is 1.